The molecule has 0 aromatic heterocycles. The van der Waals surface area contributed by atoms with Crippen molar-refractivity contribution in [1.82, 2.24) is 9.80 Å². The van der Waals surface area contributed by atoms with Crippen molar-refractivity contribution in [3.05, 3.63) is 107 Å². The Morgan fingerprint density at radius 3 is 2.57 bits per heavy atom. The van der Waals surface area contributed by atoms with Crippen LogP contribution in [0.5, 0.6) is 5.75 Å². The zero-order valence-corrected chi connectivity index (χ0v) is 24.3. The van der Waals surface area contributed by atoms with Gasteiger partial charge < -0.3 is 14.4 Å². The third-order valence-electron chi connectivity index (χ3n) is 10.2. The van der Waals surface area contributed by atoms with E-state index in [0.717, 1.165) is 49.1 Å². The monoisotopic (exact) mass is 562 g/mol. The van der Waals surface area contributed by atoms with E-state index >= 15 is 0 Å². The van der Waals surface area contributed by atoms with Gasteiger partial charge in [-0.15, -0.1) is 0 Å². The van der Waals surface area contributed by atoms with Gasteiger partial charge in [0, 0.05) is 43.6 Å². The summed E-state index contributed by atoms with van der Waals surface area (Å²) >= 11 is 0. The van der Waals surface area contributed by atoms with Crippen LogP contribution in [0.2, 0.25) is 0 Å². The molecule has 6 heteroatoms. The maximum atomic E-state index is 13.4. The Morgan fingerprint density at radius 2 is 1.81 bits per heavy atom. The summed E-state index contributed by atoms with van der Waals surface area (Å²) in [5, 5.41) is 0. The van der Waals surface area contributed by atoms with Crippen LogP contribution in [0.25, 0.3) is 6.08 Å². The minimum Gasteiger partial charge on any atom is -0.487 e. The number of hydrogen-bond acceptors (Lipinski definition) is 5. The minimum atomic E-state index is -0.308. The van der Waals surface area contributed by atoms with Gasteiger partial charge in [-0.1, -0.05) is 72.8 Å². The third-order valence-corrected chi connectivity index (χ3v) is 10.2. The summed E-state index contributed by atoms with van der Waals surface area (Å²) in [5.41, 5.74) is 4.68. The van der Waals surface area contributed by atoms with Gasteiger partial charge in [0.05, 0.1) is 6.04 Å². The molecule has 216 valence electrons. The van der Waals surface area contributed by atoms with Crippen molar-refractivity contribution in [1.29, 1.82) is 0 Å². The molecular weight excluding hydrogens is 524 g/mol. The Hall–Kier alpha value is -3.90. The second-order valence-electron chi connectivity index (χ2n) is 12.3. The number of piperidine rings is 1. The molecule has 0 N–H and O–H groups in total. The van der Waals surface area contributed by atoms with Crippen LogP contribution in [0, 0.1) is 5.92 Å². The summed E-state index contributed by atoms with van der Waals surface area (Å²) in [6, 6.07) is 26.9. The summed E-state index contributed by atoms with van der Waals surface area (Å²) in [5.74, 6) is 1.18. The highest BCUT2D eigenvalue weighted by Gasteiger charge is 2.66. The molecule has 2 aliphatic heterocycles. The fourth-order valence-corrected chi connectivity index (χ4v) is 8.50. The minimum absolute atomic E-state index is 0.00200. The van der Waals surface area contributed by atoms with Crippen molar-refractivity contribution >= 4 is 18.0 Å². The van der Waals surface area contributed by atoms with Gasteiger partial charge in [0.2, 0.25) is 5.91 Å². The first-order valence-electron chi connectivity index (χ1n) is 15.2. The fourth-order valence-electron chi connectivity index (χ4n) is 8.50. The predicted molar refractivity (Wildman–Crippen MR) is 162 cm³/mol. The van der Waals surface area contributed by atoms with E-state index < -0.39 is 0 Å². The van der Waals surface area contributed by atoms with Gasteiger partial charge in [0.15, 0.2) is 0 Å². The molecule has 2 aliphatic carbocycles. The molecule has 6 atom stereocenters. The summed E-state index contributed by atoms with van der Waals surface area (Å²) in [7, 11) is 1.94. The second-order valence-corrected chi connectivity index (χ2v) is 12.3. The number of amides is 1. The number of rotatable bonds is 7. The van der Waals surface area contributed by atoms with E-state index in [1.165, 1.54) is 18.1 Å². The van der Waals surface area contributed by atoms with Crippen molar-refractivity contribution in [3.8, 4) is 5.75 Å². The number of carbonyl (C=O) groups excluding carboxylic acids is 2. The molecule has 7 rings (SSSR count). The number of nitrogens with zero attached hydrogens (tertiary/aromatic N) is 2. The zero-order chi connectivity index (χ0) is 28.8. The van der Waals surface area contributed by atoms with Crippen LogP contribution in [0.4, 0.5) is 0 Å². The van der Waals surface area contributed by atoms with E-state index in [0.29, 0.717) is 18.5 Å². The maximum Gasteiger partial charge on any atom is 0.303 e. The van der Waals surface area contributed by atoms with E-state index in [9.17, 15) is 9.59 Å². The molecular formula is C36H38N2O4. The zero-order valence-electron chi connectivity index (χ0n) is 24.3. The molecule has 1 amide bonds. The quantitative estimate of drug-likeness (QED) is 0.278. The molecule has 1 saturated carbocycles. The van der Waals surface area contributed by atoms with E-state index in [4.69, 9.17) is 9.47 Å². The van der Waals surface area contributed by atoms with E-state index in [1.807, 2.05) is 78.7 Å². The average molecular weight is 563 g/mol. The van der Waals surface area contributed by atoms with Gasteiger partial charge in [-0.3, -0.25) is 14.5 Å². The Bertz CT molecular complexity index is 1510. The van der Waals surface area contributed by atoms with Gasteiger partial charge in [-0.2, -0.15) is 0 Å². The summed E-state index contributed by atoms with van der Waals surface area (Å²) < 4.78 is 12.7. The van der Waals surface area contributed by atoms with Gasteiger partial charge in [0.25, 0.3) is 0 Å². The SMILES string of the molecule is CC(=O)OC(CN1CC[C@]23c4c5cccc4O[C@H]2[C@@H](N(C)C(=O)C=Cc2ccccc2)CC[C@H]3[C@H]1C5)c1ccccc1. The molecule has 3 aromatic carbocycles. The maximum absolute atomic E-state index is 13.4. The van der Waals surface area contributed by atoms with E-state index in [1.54, 1.807) is 6.08 Å². The van der Waals surface area contributed by atoms with Gasteiger partial charge >= 0.3 is 5.97 Å². The van der Waals surface area contributed by atoms with Crippen molar-refractivity contribution < 1.29 is 19.1 Å². The fraction of sp³-hybridized carbons (Fsp3) is 0.389. The predicted octanol–water partition coefficient (Wildman–Crippen LogP) is 5.57. The van der Waals surface area contributed by atoms with Crippen molar-refractivity contribution in [2.24, 2.45) is 5.92 Å². The molecule has 1 saturated heterocycles. The van der Waals surface area contributed by atoms with Crippen LogP contribution in [0.15, 0.2) is 84.9 Å². The van der Waals surface area contributed by atoms with Crippen LogP contribution in [-0.2, 0) is 26.2 Å². The van der Waals surface area contributed by atoms with Gasteiger partial charge in [-0.25, -0.2) is 0 Å². The Morgan fingerprint density at radius 1 is 1.05 bits per heavy atom. The molecule has 3 aromatic rings. The molecule has 2 fully saturated rings. The first kappa shape index (κ1) is 27.0. The van der Waals surface area contributed by atoms with E-state index in [2.05, 4.69) is 23.1 Å². The van der Waals surface area contributed by atoms with Crippen molar-refractivity contribution in [3.63, 3.8) is 0 Å². The third kappa shape index (κ3) is 4.44. The average Bonchev–Trinajstić information content (AvgIpc) is 3.35. The number of likely N-dealkylation sites (tertiary alicyclic amines) is 1. The summed E-state index contributed by atoms with van der Waals surface area (Å²) in [6.07, 6.45) is 7.06. The summed E-state index contributed by atoms with van der Waals surface area (Å²) in [4.78, 5) is 30.0. The number of carbonyl (C=O) groups is 2. The molecule has 6 nitrogen and oxygen atoms in total. The molecule has 42 heavy (non-hydrogen) atoms. The highest BCUT2D eigenvalue weighted by atomic mass is 16.5. The first-order chi connectivity index (χ1) is 20.5. The second kappa shape index (κ2) is 10.7. The Labute approximate surface area is 247 Å². The lowest BCUT2D eigenvalue weighted by Gasteiger charge is -2.60. The molecule has 1 spiro atoms. The molecule has 2 heterocycles. The van der Waals surface area contributed by atoms with Crippen molar-refractivity contribution in [2.45, 2.75) is 62.3 Å². The van der Waals surface area contributed by atoms with Crippen LogP contribution in [0.3, 0.4) is 0 Å². The standard InChI is InChI=1S/C36H38N2O4/c1-24(39)41-32(26-12-7-4-8-13-26)23-38-21-20-36-28-17-18-29(37(2)33(40)19-16-25-10-5-3-6-11-25)35(36)42-31-15-9-14-27(34(31)36)22-30(28)38/h3-16,19,28-30,32,35H,17-18,20-23H2,1-2H3/t28-,29-,30+,32?,35-,36-/m0/s1. The van der Waals surface area contributed by atoms with Crippen LogP contribution < -0.4 is 4.74 Å². The highest BCUT2D eigenvalue weighted by molar-refractivity contribution is 5.92. The van der Waals surface area contributed by atoms with E-state index in [-0.39, 0.29) is 35.5 Å². The molecule has 1 unspecified atom stereocenters. The number of ether oxygens (including phenoxy) is 2. The smallest absolute Gasteiger partial charge is 0.303 e. The van der Waals surface area contributed by atoms with Crippen LogP contribution >= 0.6 is 0 Å². The number of esters is 1. The molecule has 4 aliphatic rings. The van der Waals surface area contributed by atoms with Crippen LogP contribution in [-0.4, -0.2) is 60.0 Å². The lowest BCUT2D eigenvalue weighted by molar-refractivity contribution is -0.150. The van der Waals surface area contributed by atoms with Crippen LogP contribution in [0.1, 0.15) is 54.5 Å². The van der Waals surface area contributed by atoms with Crippen molar-refractivity contribution in [2.75, 3.05) is 20.1 Å². The topological polar surface area (TPSA) is 59.1 Å². The number of likely N-dealkylation sites (N-methyl/N-ethyl adjacent to an activating group) is 1. The Balaban J connectivity index is 1.18. The molecule has 0 radical (unpaired) electrons. The highest BCUT2D eigenvalue weighted by Crippen LogP contribution is 2.62. The number of benzene rings is 3. The number of hydrogen-bond donors (Lipinski definition) is 0. The van der Waals surface area contributed by atoms with Gasteiger partial charge in [-0.05, 0) is 67.0 Å². The molecule has 2 bridgehead atoms. The normalized spacial score (nSPS) is 28.0. The first-order valence-corrected chi connectivity index (χ1v) is 15.2. The Kier molecular flexibility index (Phi) is 6.89. The van der Waals surface area contributed by atoms with Gasteiger partial charge in [0.1, 0.15) is 18.0 Å². The lowest BCUT2D eigenvalue weighted by atomic mass is 9.51. The summed E-state index contributed by atoms with van der Waals surface area (Å²) in [6.45, 7) is 3.07. The largest absolute Gasteiger partial charge is 0.487 e. The lowest BCUT2D eigenvalue weighted by Crippen LogP contribution is -2.69.